The Morgan fingerprint density at radius 3 is 0.846 bits per heavy atom. The smallest absolute Gasteiger partial charge is 0.305 e. The molecule has 0 spiro atoms. The molecule has 17 heteroatoms. The summed E-state index contributed by atoms with van der Waals surface area (Å²) in [7, 11) is 0. The average molecular weight is 936 g/mol. The second kappa shape index (κ2) is 51.3. The van der Waals surface area contributed by atoms with Crippen molar-refractivity contribution in [3.63, 3.8) is 0 Å². The van der Waals surface area contributed by atoms with Gasteiger partial charge in [-0.1, -0.05) is 96.8 Å². The van der Waals surface area contributed by atoms with Gasteiger partial charge in [0.05, 0.1) is 165 Å². The lowest BCUT2D eigenvalue weighted by molar-refractivity contribution is -0.145. The molecule has 0 aliphatic carbocycles. The van der Waals surface area contributed by atoms with Crippen molar-refractivity contribution in [1.29, 1.82) is 0 Å². The van der Waals surface area contributed by atoms with Crippen molar-refractivity contribution in [2.24, 2.45) is 0 Å². The average Bonchev–Trinajstić information content (AvgIpc) is 3.63. The number of carbonyl (C=O) groups excluding carboxylic acids is 3. The largest absolute Gasteiger partial charge is 0.463 e. The van der Waals surface area contributed by atoms with Crippen molar-refractivity contribution in [3.05, 3.63) is 12.2 Å². The fourth-order valence-electron chi connectivity index (χ4n) is 6.26. The molecule has 0 unspecified atom stereocenters. The summed E-state index contributed by atoms with van der Waals surface area (Å²) in [5, 5.41) is 0. The van der Waals surface area contributed by atoms with Gasteiger partial charge < -0.3 is 61.6 Å². The number of unbranched alkanes of at least 4 members (excludes halogenated alkanes) is 14. The molecule has 0 aromatic heterocycles. The van der Waals surface area contributed by atoms with Gasteiger partial charge in [-0.3, -0.25) is 19.3 Å². The van der Waals surface area contributed by atoms with Gasteiger partial charge in [-0.15, -0.1) is 0 Å². The summed E-state index contributed by atoms with van der Waals surface area (Å²) >= 11 is 0. The van der Waals surface area contributed by atoms with E-state index in [2.05, 4.69) is 6.92 Å². The maximum Gasteiger partial charge on any atom is 0.305 e. The molecule has 65 heavy (non-hydrogen) atoms. The van der Waals surface area contributed by atoms with Crippen LogP contribution in [0.15, 0.2) is 12.2 Å². The maximum atomic E-state index is 11.9. The van der Waals surface area contributed by atoms with Crippen molar-refractivity contribution >= 4 is 17.8 Å². The van der Waals surface area contributed by atoms with E-state index >= 15 is 0 Å². The van der Waals surface area contributed by atoms with E-state index in [1.54, 1.807) is 0 Å². The Balaban J connectivity index is 1.62. The minimum atomic E-state index is -0.309. The van der Waals surface area contributed by atoms with Crippen LogP contribution in [0.3, 0.4) is 0 Å². The fraction of sp³-hybridized carbons (Fsp3) is 0.896. The normalized spacial score (nSPS) is 12.7. The highest BCUT2D eigenvalue weighted by Gasteiger charge is 2.22. The summed E-state index contributed by atoms with van der Waals surface area (Å²) in [6.07, 6.45) is 22.6. The third-order valence-electron chi connectivity index (χ3n) is 9.93. The number of hydrogen-bond donors (Lipinski definition) is 0. The monoisotopic (exact) mass is 936 g/mol. The summed E-state index contributed by atoms with van der Waals surface area (Å²) in [6.45, 7) is 13.7. The van der Waals surface area contributed by atoms with Crippen LogP contribution in [0.1, 0.15) is 110 Å². The molecule has 0 aromatic carbocycles. The first kappa shape index (κ1) is 60.9. The molecule has 17 nitrogen and oxygen atoms in total. The van der Waals surface area contributed by atoms with Crippen LogP contribution in [0.5, 0.6) is 0 Å². The van der Waals surface area contributed by atoms with E-state index in [0.29, 0.717) is 158 Å². The van der Waals surface area contributed by atoms with Gasteiger partial charge in [-0.25, -0.2) is 0 Å². The number of esters is 1. The number of hydrogen-bond acceptors (Lipinski definition) is 16. The molecule has 0 fully saturated rings. The minimum Gasteiger partial charge on any atom is -0.463 e. The number of ether oxygens (including phenoxy) is 13. The van der Waals surface area contributed by atoms with Gasteiger partial charge in [0.15, 0.2) is 0 Å². The van der Waals surface area contributed by atoms with Gasteiger partial charge in [-0.05, 0) is 6.42 Å². The molecule has 0 radical (unpaired) electrons. The van der Waals surface area contributed by atoms with E-state index in [-0.39, 0.29) is 37.5 Å². The summed E-state index contributed by atoms with van der Waals surface area (Å²) in [4.78, 5) is 35.9. The van der Waals surface area contributed by atoms with Crippen LogP contribution < -0.4 is 0 Å². The second-order valence-corrected chi connectivity index (χ2v) is 15.4. The summed E-state index contributed by atoms with van der Waals surface area (Å²) in [5.74, 6) is -0.755. The Bertz CT molecular complexity index is 1050. The van der Waals surface area contributed by atoms with E-state index in [1.807, 2.05) is 0 Å². The predicted molar refractivity (Wildman–Crippen MR) is 246 cm³/mol. The van der Waals surface area contributed by atoms with Gasteiger partial charge in [0, 0.05) is 18.6 Å². The first-order valence-electron chi connectivity index (χ1n) is 24.8. The molecule has 0 saturated carbocycles. The molecular formula is C48H89NO16. The second-order valence-electron chi connectivity index (χ2n) is 15.4. The molecule has 382 valence electrons. The third kappa shape index (κ3) is 45.4. The molecule has 1 heterocycles. The number of carbonyl (C=O) groups is 3. The Kier molecular flexibility index (Phi) is 48.0. The minimum absolute atomic E-state index is 0.137. The van der Waals surface area contributed by atoms with E-state index in [9.17, 15) is 14.4 Å². The lowest BCUT2D eigenvalue weighted by atomic mass is 10.0. The van der Waals surface area contributed by atoms with Crippen molar-refractivity contribution in [2.45, 2.75) is 110 Å². The van der Waals surface area contributed by atoms with Gasteiger partial charge in [0.1, 0.15) is 6.61 Å². The predicted octanol–water partition coefficient (Wildman–Crippen LogP) is 5.92. The van der Waals surface area contributed by atoms with Crippen molar-refractivity contribution in [3.8, 4) is 0 Å². The number of imide groups is 1. The molecule has 1 aliphatic rings. The highest BCUT2D eigenvalue weighted by molar-refractivity contribution is 6.12. The van der Waals surface area contributed by atoms with Crippen LogP contribution in [0, 0.1) is 0 Å². The van der Waals surface area contributed by atoms with Crippen LogP contribution >= 0.6 is 0 Å². The molecule has 0 bridgehead atoms. The molecular weight excluding hydrogens is 847 g/mol. The van der Waals surface area contributed by atoms with Gasteiger partial charge >= 0.3 is 5.97 Å². The summed E-state index contributed by atoms with van der Waals surface area (Å²) in [5.41, 5.74) is 0. The zero-order chi connectivity index (χ0) is 46.6. The maximum absolute atomic E-state index is 11.9. The first-order chi connectivity index (χ1) is 32.1. The van der Waals surface area contributed by atoms with Crippen LogP contribution in [0.25, 0.3) is 0 Å². The SMILES string of the molecule is CCCCCCCCCCCCCCCCCC(=O)OCCOCCOCCOCCOCCOCCOCCOCCOCCOCCOCCOCCOCCN1C(=O)C=CC1=O. The standard InChI is InChI=1S/C48H89NO16/c1-2-3-4-5-6-7-8-9-10-11-12-13-14-15-16-17-48(52)65-45-44-64-43-42-63-41-40-62-39-38-61-37-36-60-35-34-59-33-32-58-31-30-57-29-28-56-27-26-55-25-24-54-23-22-53-21-20-49-46(50)18-19-47(49)51/h18-19H,2-17,20-45H2,1H3. The summed E-state index contributed by atoms with van der Waals surface area (Å²) < 4.78 is 71.0. The number of amides is 2. The van der Waals surface area contributed by atoms with E-state index in [4.69, 9.17) is 61.6 Å². The molecule has 0 saturated heterocycles. The zero-order valence-corrected chi connectivity index (χ0v) is 40.3. The van der Waals surface area contributed by atoms with E-state index in [0.717, 1.165) is 17.7 Å². The lowest BCUT2D eigenvalue weighted by Gasteiger charge is -2.13. The molecule has 0 aromatic rings. The molecule has 0 N–H and O–H groups in total. The molecule has 0 atom stereocenters. The highest BCUT2D eigenvalue weighted by atomic mass is 16.6. The van der Waals surface area contributed by atoms with Gasteiger partial charge in [-0.2, -0.15) is 0 Å². The highest BCUT2D eigenvalue weighted by Crippen LogP contribution is 2.14. The Morgan fingerprint density at radius 2 is 0.569 bits per heavy atom. The number of nitrogens with zero attached hydrogens (tertiary/aromatic N) is 1. The first-order valence-corrected chi connectivity index (χ1v) is 24.8. The quantitative estimate of drug-likeness (QED) is 0.0399. The lowest BCUT2D eigenvalue weighted by Crippen LogP contribution is -2.33. The third-order valence-corrected chi connectivity index (χ3v) is 9.93. The summed E-state index contributed by atoms with van der Waals surface area (Å²) in [6, 6.07) is 0. The number of rotatable bonds is 55. The van der Waals surface area contributed by atoms with Crippen LogP contribution in [-0.2, 0) is 76.0 Å². The fourth-order valence-corrected chi connectivity index (χ4v) is 6.26. The topological polar surface area (TPSA) is 174 Å². The Hall–Kier alpha value is -2.13. The Labute approximate surface area is 391 Å². The zero-order valence-electron chi connectivity index (χ0n) is 40.3. The van der Waals surface area contributed by atoms with Crippen LogP contribution in [0.4, 0.5) is 0 Å². The molecule has 1 aliphatic heterocycles. The molecule has 1 rings (SSSR count). The van der Waals surface area contributed by atoms with E-state index < -0.39 is 0 Å². The van der Waals surface area contributed by atoms with E-state index in [1.165, 1.54) is 95.6 Å². The van der Waals surface area contributed by atoms with Gasteiger partial charge in [0.2, 0.25) is 0 Å². The van der Waals surface area contributed by atoms with Crippen molar-refractivity contribution in [1.82, 2.24) is 4.90 Å². The van der Waals surface area contributed by atoms with Crippen LogP contribution in [-0.4, -0.2) is 194 Å². The Morgan fingerprint density at radius 1 is 0.338 bits per heavy atom. The van der Waals surface area contributed by atoms with Gasteiger partial charge in [0.25, 0.3) is 11.8 Å². The van der Waals surface area contributed by atoms with Crippen molar-refractivity contribution in [2.75, 3.05) is 172 Å². The van der Waals surface area contributed by atoms with Crippen molar-refractivity contribution < 1.29 is 76.0 Å². The van der Waals surface area contributed by atoms with Crippen LogP contribution in [0.2, 0.25) is 0 Å². The molecule has 2 amide bonds.